The van der Waals surface area contributed by atoms with Crippen LogP contribution in [0.2, 0.25) is 0 Å². The maximum Gasteiger partial charge on any atom is 0.472 e. The summed E-state index contributed by atoms with van der Waals surface area (Å²) in [5.74, 6) is -0.897. The Labute approximate surface area is 329 Å². The standard InChI is InChI=1S/C44H76NO8P/c1-6-8-10-12-14-16-18-20-22-24-26-28-30-32-34-36-43(46)50-40-42(41-52-54(48,49)51-39-38-45(3,4)5)53-44(47)37-35-33-31-29-27-25-23-21-19-17-15-13-11-9-7-2/h14-17,20-23,26-29,42H,6-13,18-19,24-25,30-41H2,1-5H3/p+1/b16-14+,17-15+,22-20+,23-21+,28-26+,29-27+. The molecule has 0 aromatic heterocycles. The predicted molar refractivity (Wildman–Crippen MR) is 224 cm³/mol. The van der Waals surface area contributed by atoms with Gasteiger partial charge in [0.05, 0.1) is 27.7 Å². The van der Waals surface area contributed by atoms with Crippen molar-refractivity contribution in [2.45, 2.75) is 148 Å². The summed E-state index contributed by atoms with van der Waals surface area (Å²) in [6.07, 6.45) is 43.8. The van der Waals surface area contributed by atoms with Crippen molar-refractivity contribution in [3.63, 3.8) is 0 Å². The maximum absolute atomic E-state index is 12.6. The van der Waals surface area contributed by atoms with Crippen LogP contribution in [0.4, 0.5) is 0 Å². The molecule has 0 fully saturated rings. The van der Waals surface area contributed by atoms with Gasteiger partial charge in [-0.05, 0) is 89.9 Å². The van der Waals surface area contributed by atoms with Crippen LogP contribution in [0.3, 0.4) is 0 Å². The van der Waals surface area contributed by atoms with Gasteiger partial charge in [-0.2, -0.15) is 0 Å². The number of carbonyl (C=O) groups is 2. The molecule has 0 aliphatic carbocycles. The molecule has 0 radical (unpaired) electrons. The predicted octanol–water partition coefficient (Wildman–Crippen LogP) is 11.5. The molecular weight excluding hydrogens is 701 g/mol. The van der Waals surface area contributed by atoms with Crippen molar-refractivity contribution in [3.05, 3.63) is 72.9 Å². The Balaban J connectivity index is 4.56. The molecule has 0 saturated carbocycles. The fourth-order valence-electron chi connectivity index (χ4n) is 4.91. The quantitative estimate of drug-likeness (QED) is 0.0220. The van der Waals surface area contributed by atoms with Gasteiger partial charge in [-0.3, -0.25) is 18.6 Å². The molecule has 1 N–H and O–H groups in total. The van der Waals surface area contributed by atoms with Crippen LogP contribution in [0.5, 0.6) is 0 Å². The van der Waals surface area contributed by atoms with Crippen LogP contribution in [0.15, 0.2) is 72.9 Å². The first-order chi connectivity index (χ1) is 26.0. The number of hydrogen-bond donors (Lipinski definition) is 1. The Kier molecular flexibility index (Phi) is 34.4. The van der Waals surface area contributed by atoms with Crippen molar-refractivity contribution in [3.8, 4) is 0 Å². The van der Waals surface area contributed by atoms with Crippen molar-refractivity contribution in [1.29, 1.82) is 0 Å². The Bertz CT molecular complexity index is 1150. The molecule has 54 heavy (non-hydrogen) atoms. The van der Waals surface area contributed by atoms with E-state index >= 15 is 0 Å². The number of ether oxygens (including phenoxy) is 2. The average Bonchev–Trinajstić information content (AvgIpc) is 3.12. The number of hydrogen-bond acceptors (Lipinski definition) is 7. The van der Waals surface area contributed by atoms with Crippen molar-refractivity contribution in [2.24, 2.45) is 0 Å². The fraction of sp³-hybridized carbons (Fsp3) is 0.682. The summed E-state index contributed by atoms with van der Waals surface area (Å²) in [4.78, 5) is 35.2. The molecule has 10 heteroatoms. The van der Waals surface area contributed by atoms with Gasteiger partial charge >= 0.3 is 19.8 Å². The van der Waals surface area contributed by atoms with Crippen LogP contribution in [0.25, 0.3) is 0 Å². The normalized spacial score (nSPS) is 14.4. The highest BCUT2D eigenvalue weighted by molar-refractivity contribution is 7.47. The van der Waals surface area contributed by atoms with Crippen LogP contribution < -0.4 is 0 Å². The third-order valence-electron chi connectivity index (χ3n) is 8.21. The van der Waals surface area contributed by atoms with E-state index in [1.165, 1.54) is 38.5 Å². The van der Waals surface area contributed by atoms with E-state index in [-0.39, 0.29) is 26.1 Å². The zero-order valence-electron chi connectivity index (χ0n) is 34.7. The summed E-state index contributed by atoms with van der Waals surface area (Å²) in [6.45, 7) is 4.24. The maximum atomic E-state index is 12.6. The van der Waals surface area contributed by atoms with E-state index in [1.54, 1.807) is 0 Å². The first-order valence-electron chi connectivity index (χ1n) is 20.7. The molecular formula is C44H77NO8P+. The number of rotatable bonds is 36. The highest BCUT2D eigenvalue weighted by Gasteiger charge is 2.27. The van der Waals surface area contributed by atoms with E-state index in [4.69, 9.17) is 18.5 Å². The Morgan fingerprint density at radius 3 is 1.41 bits per heavy atom. The lowest BCUT2D eigenvalue weighted by molar-refractivity contribution is -0.870. The van der Waals surface area contributed by atoms with Gasteiger partial charge in [0.1, 0.15) is 19.8 Å². The molecule has 0 rings (SSSR count). The fourth-order valence-corrected chi connectivity index (χ4v) is 5.65. The topological polar surface area (TPSA) is 108 Å². The molecule has 2 atom stereocenters. The lowest BCUT2D eigenvalue weighted by Gasteiger charge is -2.24. The zero-order valence-corrected chi connectivity index (χ0v) is 35.6. The minimum absolute atomic E-state index is 0.0146. The summed E-state index contributed by atoms with van der Waals surface area (Å²) in [5.41, 5.74) is 0. The highest BCUT2D eigenvalue weighted by Crippen LogP contribution is 2.43. The highest BCUT2D eigenvalue weighted by atomic mass is 31.2. The summed E-state index contributed by atoms with van der Waals surface area (Å²) in [6, 6.07) is 0. The molecule has 0 aromatic rings. The van der Waals surface area contributed by atoms with Crippen molar-refractivity contribution < 1.29 is 42.1 Å². The van der Waals surface area contributed by atoms with Crippen molar-refractivity contribution in [2.75, 3.05) is 47.5 Å². The molecule has 0 heterocycles. The Morgan fingerprint density at radius 1 is 0.574 bits per heavy atom. The second kappa shape index (κ2) is 36.1. The third-order valence-corrected chi connectivity index (χ3v) is 9.19. The van der Waals surface area contributed by atoms with Crippen LogP contribution in [-0.2, 0) is 32.7 Å². The van der Waals surface area contributed by atoms with Crippen LogP contribution in [0.1, 0.15) is 142 Å². The van der Waals surface area contributed by atoms with E-state index in [0.29, 0.717) is 23.9 Å². The number of nitrogens with zero attached hydrogens (tertiary/aromatic N) is 1. The van der Waals surface area contributed by atoms with Crippen LogP contribution in [-0.4, -0.2) is 74.9 Å². The number of quaternary nitrogens is 1. The molecule has 0 saturated heterocycles. The van der Waals surface area contributed by atoms with Gasteiger partial charge in [0.25, 0.3) is 0 Å². The minimum atomic E-state index is -4.39. The summed E-state index contributed by atoms with van der Waals surface area (Å²) >= 11 is 0. The molecule has 0 aliphatic heterocycles. The van der Waals surface area contributed by atoms with Crippen molar-refractivity contribution in [1.82, 2.24) is 0 Å². The number of carbonyl (C=O) groups excluding carboxylic acids is 2. The molecule has 310 valence electrons. The second-order valence-corrected chi connectivity index (χ2v) is 16.1. The number of esters is 2. The molecule has 0 spiro atoms. The third kappa shape index (κ3) is 39.2. The number of phosphoric ester groups is 1. The first kappa shape index (κ1) is 51.5. The van der Waals surface area contributed by atoms with Gasteiger partial charge in [0.15, 0.2) is 6.10 Å². The number of unbranched alkanes of at least 4 members (excludes halogenated alkanes) is 10. The Hall–Kier alpha value is -2.55. The Morgan fingerprint density at radius 2 is 0.981 bits per heavy atom. The number of allylic oxidation sites excluding steroid dienone is 12. The molecule has 0 bridgehead atoms. The monoisotopic (exact) mass is 779 g/mol. The molecule has 0 aliphatic rings. The average molecular weight is 779 g/mol. The lowest BCUT2D eigenvalue weighted by atomic mass is 10.1. The molecule has 0 amide bonds. The molecule has 2 unspecified atom stereocenters. The van der Waals surface area contributed by atoms with Crippen LogP contribution >= 0.6 is 7.82 Å². The number of likely N-dealkylation sites (N-methyl/N-ethyl adjacent to an activating group) is 1. The van der Waals surface area contributed by atoms with Gasteiger partial charge in [0.2, 0.25) is 0 Å². The largest absolute Gasteiger partial charge is 0.472 e. The summed E-state index contributed by atoms with van der Waals surface area (Å²) in [7, 11) is 1.42. The van der Waals surface area contributed by atoms with E-state index < -0.39 is 32.5 Å². The van der Waals surface area contributed by atoms with Gasteiger partial charge in [-0.15, -0.1) is 0 Å². The number of phosphoric acid groups is 1. The van der Waals surface area contributed by atoms with E-state index in [2.05, 4.69) is 86.8 Å². The second-order valence-electron chi connectivity index (χ2n) is 14.7. The smallest absolute Gasteiger partial charge is 0.462 e. The zero-order chi connectivity index (χ0) is 40.0. The van der Waals surface area contributed by atoms with Gasteiger partial charge < -0.3 is 18.9 Å². The van der Waals surface area contributed by atoms with Gasteiger partial charge in [-0.1, -0.05) is 112 Å². The van der Waals surface area contributed by atoms with Crippen molar-refractivity contribution >= 4 is 19.8 Å². The minimum Gasteiger partial charge on any atom is -0.462 e. The lowest BCUT2D eigenvalue weighted by Crippen LogP contribution is -2.37. The summed E-state index contributed by atoms with van der Waals surface area (Å²) < 4.78 is 34.1. The van der Waals surface area contributed by atoms with Gasteiger partial charge in [0, 0.05) is 12.8 Å². The van der Waals surface area contributed by atoms with Crippen LogP contribution in [0, 0.1) is 0 Å². The van der Waals surface area contributed by atoms with Gasteiger partial charge in [-0.25, -0.2) is 4.57 Å². The van der Waals surface area contributed by atoms with E-state index in [0.717, 1.165) is 64.2 Å². The SMILES string of the molecule is CCCCC/C=C/C/C=C/C/C=C/CCCCC(=O)OCC(COP(=O)(O)OCC[N+](C)(C)C)OC(=O)CCCC/C=C/C/C=C/C/C=C/CCCCC. The molecule has 9 nitrogen and oxygen atoms in total. The summed E-state index contributed by atoms with van der Waals surface area (Å²) in [5, 5.41) is 0. The first-order valence-corrected chi connectivity index (χ1v) is 22.2. The molecule has 0 aromatic carbocycles. The van der Waals surface area contributed by atoms with E-state index in [9.17, 15) is 19.0 Å². The van der Waals surface area contributed by atoms with E-state index in [1.807, 2.05) is 21.1 Å².